The van der Waals surface area contributed by atoms with Crippen LogP contribution in [-0.4, -0.2) is 31.5 Å². The van der Waals surface area contributed by atoms with Crippen LogP contribution in [-0.2, 0) is 11.3 Å². The first-order chi connectivity index (χ1) is 9.08. The van der Waals surface area contributed by atoms with Crippen molar-refractivity contribution in [2.24, 2.45) is 0 Å². The second kappa shape index (κ2) is 7.32. The topological polar surface area (TPSA) is 93.5 Å². The molecule has 0 atom stereocenters. The molecule has 104 valence electrons. The average molecular weight is 267 g/mol. The highest BCUT2D eigenvalue weighted by atomic mass is 16.6. The van der Waals surface area contributed by atoms with E-state index in [9.17, 15) is 14.9 Å². The maximum atomic E-state index is 11.0. The van der Waals surface area contributed by atoms with E-state index in [-0.39, 0.29) is 30.4 Å². The van der Waals surface area contributed by atoms with Gasteiger partial charge in [0.25, 0.3) is 0 Å². The molecule has 0 heterocycles. The molecule has 0 aliphatic carbocycles. The second-order valence-corrected chi connectivity index (χ2v) is 3.86. The van der Waals surface area contributed by atoms with Crippen molar-refractivity contribution >= 4 is 11.6 Å². The number of amides is 1. The van der Waals surface area contributed by atoms with Crippen molar-refractivity contribution in [1.82, 2.24) is 10.6 Å². The van der Waals surface area contributed by atoms with Crippen molar-refractivity contribution < 1.29 is 14.5 Å². The normalized spacial score (nSPS) is 10.0. The zero-order valence-electron chi connectivity index (χ0n) is 10.9. The lowest BCUT2D eigenvalue weighted by molar-refractivity contribution is -0.385. The van der Waals surface area contributed by atoms with Crippen LogP contribution in [0.3, 0.4) is 0 Å². The van der Waals surface area contributed by atoms with Gasteiger partial charge in [-0.2, -0.15) is 0 Å². The van der Waals surface area contributed by atoms with Crippen molar-refractivity contribution in [3.05, 3.63) is 33.9 Å². The van der Waals surface area contributed by atoms with E-state index in [0.29, 0.717) is 6.54 Å². The molecule has 19 heavy (non-hydrogen) atoms. The number of benzene rings is 1. The molecule has 0 spiro atoms. The Bertz CT molecular complexity index is 462. The average Bonchev–Trinajstić information content (AvgIpc) is 2.40. The van der Waals surface area contributed by atoms with E-state index in [2.05, 4.69) is 10.6 Å². The molecular formula is C12H17N3O4. The van der Waals surface area contributed by atoms with Gasteiger partial charge in [-0.3, -0.25) is 14.9 Å². The van der Waals surface area contributed by atoms with Gasteiger partial charge in [-0.25, -0.2) is 0 Å². The van der Waals surface area contributed by atoms with E-state index in [1.54, 1.807) is 19.2 Å². The van der Waals surface area contributed by atoms with Gasteiger partial charge >= 0.3 is 5.69 Å². The number of hydrogen-bond donors (Lipinski definition) is 2. The van der Waals surface area contributed by atoms with Crippen LogP contribution < -0.4 is 15.4 Å². The number of hydrogen-bond acceptors (Lipinski definition) is 5. The molecule has 0 fully saturated rings. The summed E-state index contributed by atoms with van der Waals surface area (Å²) in [6.45, 7) is 0.644. The van der Waals surface area contributed by atoms with Crippen LogP contribution in [0.5, 0.6) is 5.75 Å². The molecule has 1 rings (SSSR count). The lowest BCUT2D eigenvalue weighted by Gasteiger charge is -2.08. The molecule has 7 heteroatoms. The zero-order chi connectivity index (χ0) is 14.3. The summed E-state index contributed by atoms with van der Waals surface area (Å²) in [5.41, 5.74) is 0.706. The maximum Gasteiger partial charge on any atom is 0.311 e. The van der Waals surface area contributed by atoms with Gasteiger partial charge in [-0.05, 0) is 18.7 Å². The molecule has 0 bridgehead atoms. The van der Waals surface area contributed by atoms with E-state index >= 15 is 0 Å². The van der Waals surface area contributed by atoms with Gasteiger partial charge in [0.15, 0.2) is 5.75 Å². The van der Waals surface area contributed by atoms with Crippen molar-refractivity contribution in [3.8, 4) is 5.75 Å². The molecule has 0 saturated carbocycles. The third-order valence-corrected chi connectivity index (χ3v) is 2.47. The first-order valence-electron chi connectivity index (χ1n) is 5.83. The molecule has 0 aliphatic rings. The summed E-state index contributed by atoms with van der Waals surface area (Å²) >= 11 is 0. The highest BCUT2D eigenvalue weighted by Gasteiger charge is 2.16. The minimum Gasteiger partial charge on any atom is -0.486 e. The molecule has 2 N–H and O–H groups in total. The number of carbonyl (C=O) groups excluding carboxylic acids is 1. The first kappa shape index (κ1) is 14.9. The highest BCUT2D eigenvalue weighted by molar-refractivity contribution is 5.75. The molecule has 0 aliphatic heterocycles. The summed E-state index contributed by atoms with van der Waals surface area (Å²) in [5.74, 6) is 0.00297. The van der Waals surface area contributed by atoms with E-state index < -0.39 is 4.92 Å². The van der Waals surface area contributed by atoms with Crippen LogP contribution in [0.2, 0.25) is 0 Å². The Balaban J connectivity index is 2.76. The predicted octanol–water partition coefficient (Wildman–Crippen LogP) is 0.829. The van der Waals surface area contributed by atoms with E-state index in [1.165, 1.54) is 13.1 Å². The fourth-order valence-corrected chi connectivity index (χ4v) is 1.52. The number of ether oxygens (including phenoxy) is 1. The van der Waals surface area contributed by atoms with Gasteiger partial charge in [-0.1, -0.05) is 6.07 Å². The van der Waals surface area contributed by atoms with E-state index in [4.69, 9.17) is 4.74 Å². The standard InChI is InChI=1S/C12H17N3O4/c1-13-8-9-3-4-11(10(7-9)15(17)18)19-6-5-12(16)14-2/h3-4,7,13H,5-6,8H2,1-2H3,(H,14,16). The minimum absolute atomic E-state index is 0.0929. The van der Waals surface area contributed by atoms with Gasteiger partial charge in [0.2, 0.25) is 5.91 Å². The Morgan fingerprint density at radius 1 is 1.42 bits per heavy atom. The molecule has 0 unspecified atom stereocenters. The SMILES string of the molecule is CNCc1ccc(OCCC(=O)NC)c([N+](=O)[O-])c1. The summed E-state index contributed by atoms with van der Waals surface area (Å²) in [5, 5.41) is 16.3. The molecule has 1 amide bonds. The second-order valence-electron chi connectivity index (χ2n) is 3.86. The fourth-order valence-electron chi connectivity index (χ4n) is 1.52. The van der Waals surface area contributed by atoms with Crippen molar-refractivity contribution in [2.45, 2.75) is 13.0 Å². The first-order valence-corrected chi connectivity index (χ1v) is 5.83. The number of nitro benzene ring substituents is 1. The third kappa shape index (κ3) is 4.55. The number of nitro groups is 1. The molecule has 0 aromatic heterocycles. The van der Waals surface area contributed by atoms with Crippen LogP contribution >= 0.6 is 0 Å². The predicted molar refractivity (Wildman–Crippen MR) is 70.0 cm³/mol. The number of carbonyl (C=O) groups is 1. The summed E-state index contributed by atoms with van der Waals surface area (Å²) in [6, 6.07) is 4.76. The fraction of sp³-hybridized carbons (Fsp3) is 0.417. The summed E-state index contributed by atoms with van der Waals surface area (Å²) < 4.78 is 5.28. The number of nitrogens with one attached hydrogen (secondary N) is 2. The third-order valence-electron chi connectivity index (χ3n) is 2.47. The monoisotopic (exact) mass is 267 g/mol. The summed E-state index contributed by atoms with van der Waals surface area (Å²) in [6.07, 6.45) is 0.159. The maximum absolute atomic E-state index is 11.0. The molecule has 0 saturated heterocycles. The number of rotatable bonds is 7. The van der Waals surface area contributed by atoms with E-state index in [1.807, 2.05) is 0 Å². The highest BCUT2D eigenvalue weighted by Crippen LogP contribution is 2.28. The Kier molecular flexibility index (Phi) is 5.74. The summed E-state index contributed by atoms with van der Waals surface area (Å²) in [7, 11) is 3.29. The van der Waals surface area contributed by atoms with Gasteiger partial charge in [0, 0.05) is 19.7 Å². The van der Waals surface area contributed by atoms with E-state index in [0.717, 1.165) is 5.56 Å². The molecule has 1 aromatic rings. The molecular weight excluding hydrogens is 250 g/mol. The van der Waals surface area contributed by atoms with Crippen LogP contribution in [0.15, 0.2) is 18.2 Å². The van der Waals surface area contributed by atoms with Crippen LogP contribution in [0.25, 0.3) is 0 Å². The Morgan fingerprint density at radius 2 is 2.16 bits per heavy atom. The van der Waals surface area contributed by atoms with Crippen LogP contribution in [0, 0.1) is 10.1 Å². The van der Waals surface area contributed by atoms with Crippen LogP contribution in [0.4, 0.5) is 5.69 Å². The Labute approximate surface area is 111 Å². The quantitative estimate of drug-likeness (QED) is 0.563. The number of nitrogens with zero attached hydrogens (tertiary/aromatic N) is 1. The molecule has 1 aromatic carbocycles. The van der Waals surface area contributed by atoms with Crippen molar-refractivity contribution in [2.75, 3.05) is 20.7 Å². The minimum atomic E-state index is -0.492. The smallest absolute Gasteiger partial charge is 0.311 e. The lowest BCUT2D eigenvalue weighted by Crippen LogP contribution is -2.20. The largest absolute Gasteiger partial charge is 0.486 e. The van der Waals surface area contributed by atoms with Crippen molar-refractivity contribution in [1.29, 1.82) is 0 Å². The zero-order valence-corrected chi connectivity index (χ0v) is 10.9. The van der Waals surface area contributed by atoms with Gasteiger partial charge in [-0.15, -0.1) is 0 Å². The summed E-state index contributed by atoms with van der Waals surface area (Å²) in [4.78, 5) is 21.5. The van der Waals surface area contributed by atoms with Gasteiger partial charge in [0.05, 0.1) is 18.0 Å². The molecule has 7 nitrogen and oxygen atoms in total. The molecule has 0 radical (unpaired) electrons. The van der Waals surface area contributed by atoms with Crippen LogP contribution in [0.1, 0.15) is 12.0 Å². The lowest BCUT2D eigenvalue weighted by atomic mass is 10.2. The van der Waals surface area contributed by atoms with Gasteiger partial charge < -0.3 is 15.4 Å². The van der Waals surface area contributed by atoms with Gasteiger partial charge in [0.1, 0.15) is 0 Å². The van der Waals surface area contributed by atoms with Crippen molar-refractivity contribution in [3.63, 3.8) is 0 Å². The Morgan fingerprint density at radius 3 is 2.74 bits per heavy atom. The Hall–Kier alpha value is -2.15.